The van der Waals surface area contributed by atoms with Gasteiger partial charge >= 0.3 is 5.37 Å². The summed E-state index contributed by atoms with van der Waals surface area (Å²) in [4.78, 5) is 3.13. The van der Waals surface area contributed by atoms with E-state index in [-0.39, 0.29) is 10.5 Å². The van der Waals surface area contributed by atoms with Crippen molar-refractivity contribution >= 4 is 9.84 Å². The molecule has 0 saturated carbocycles. The Bertz CT molecular complexity index is 761. The van der Waals surface area contributed by atoms with Crippen molar-refractivity contribution in [3.63, 3.8) is 0 Å². The molecule has 0 aliphatic rings. The molecule has 2 aromatic carbocycles. The lowest BCUT2D eigenvalue weighted by Gasteiger charge is -2.09. The van der Waals surface area contributed by atoms with E-state index in [1.807, 2.05) is 6.92 Å². The van der Waals surface area contributed by atoms with Crippen LogP contribution in [-0.2, 0) is 9.84 Å². The molecule has 0 radical (unpaired) electrons. The summed E-state index contributed by atoms with van der Waals surface area (Å²) in [6, 6.07) is 11.6. The van der Waals surface area contributed by atoms with Gasteiger partial charge in [-0.05, 0) is 31.2 Å². The molecule has 3 nitrogen and oxygen atoms in total. The van der Waals surface area contributed by atoms with Crippen LogP contribution in [0, 0.1) is 19.3 Å². The number of halogens is 1. The van der Waals surface area contributed by atoms with Crippen LogP contribution < -0.4 is 0 Å². The predicted octanol–water partition coefficient (Wildman–Crippen LogP) is 3.53. The van der Waals surface area contributed by atoms with Crippen molar-refractivity contribution in [2.24, 2.45) is 0 Å². The van der Waals surface area contributed by atoms with Crippen LogP contribution in [0.5, 0.6) is 0 Å². The van der Waals surface area contributed by atoms with Gasteiger partial charge in [0.05, 0.1) is 10.5 Å². The smallest absolute Gasteiger partial charge is 0.291 e. The van der Waals surface area contributed by atoms with Gasteiger partial charge in [0.1, 0.15) is 5.82 Å². The average molecular weight is 289 g/mol. The minimum absolute atomic E-state index is 0.0207. The Morgan fingerprint density at radius 3 is 2.25 bits per heavy atom. The minimum atomic E-state index is -3.94. The topological polar surface area (TPSA) is 38.5 Å². The molecule has 102 valence electrons. The Kier molecular flexibility index (Phi) is 3.86. The molecule has 0 saturated heterocycles. The highest BCUT2D eigenvalue weighted by Crippen LogP contribution is 2.31. The summed E-state index contributed by atoms with van der Waals surface area (Å²) < 4.78 is 38.6. The lowest BCUT2D eigenvalue weighted by Crippen LogP contribution is -2.12. The van der Waals surface area contributed by atoms with Gasteiger partial charge in [-0.3, -0.25) is 4.85 Å². The van der Waals surface area contributed by atoms with Crippen molar-refractivity contribution in [2.45, 2.75) is 17.2 Å². The maximum absolute atomic E-state index is 13.7. The maximum atomic E-state index is 13.7. The Labute approximate surface area is 117 Å². The molecule has 0 amide bonds. The van der Waals surface area contributed by atoms with Crippen molar-refractivity contribution in [1.29, 1.82) is 0 Å². The van der Waals surface area contributed by atoms with Crippen molar-refractivity contribution in [1.82, 2.24) is 0 Å². The van der Waals surface area contributed by atoms with Crippen molar-refractivity contribution in [2.75, 3.05) is 0 Å². The van der Waals surface area contributed by atoms with Crippen LogP contribution in [-0.4, -0.2) is 8.42 Å². The fraction of sp³-hybridized carbons (Fsp3) is 0.133. The molecule has 2 aromatic rings. The number of sulfone groups is 1. The first-order valence-corrected chi connectivity index (χ1v) is 7.43. The van der Waals surface area contributed by atoms with Crippen LogP contribution in [0.1, 0.15) is 16.5 Å². The summed E-state index contributed by atoms with van der Waals surface area (Å²) >= 11 is 0. The zero-order valence-electron chi connectivity index (χ0n) is 10.7. The van der Waals surface area contributed by atoms with Gasteiger partial charge in [0.15, 0.2) is 0 Å². The van der Waals surface area contributed by atoms with E-state index in [1.54, 1.807) is 12.1 Å². The average Bonchev–Trinajstić information content (AvgIpc) is 2.42. The molecule has 0 aliphatic carbocycles. The number of hydrogen-bond acceptors (Lipinski definition) is 2. The summed E-state index contributed by atoms with van der Waals surface area (Å²) in [7, 11) is -3.94. The van der Waals surface area contributed by atoms with Gasteiger partial charge < -0.3 is 0 Å². The number of benzene rings is 2. The largest absolute Gasteiger partial charge is 0.353 e. The summed E-state index contributed by atoms with van der Waals surface area (Å²) in [5.41, 5.74) is 0.789. The van der Waals surface area contributed by atoms with Gasteiger partial charge in [0.2, 0.25) is 0 Å². The first-order valence-electron chi connectivity index (χ1n) is 5.88. The van der Waals surface area contributed by atoms with Crippen molar-refractivity contribution < 1.29 is 12.8 Å². The monoisotopic (exact) mass is 289 g/mol. The Morgan fingerprint density at radius 2 is 1.70 bits per heavy atom. The molecule has 0 spiro atoms. The molecule has 5 heteroatoms. The molecule has 0 fully saturated rings. The first-order chi connectivity index (χ1) is 9.46. The number of aryl methyl sites for hydroxylation is 1. The van der Waals surface area contributed by atoms with E-state index in [0.29, 0.717) is 0 Å². The third-order valence-corrected chi connectivity index (χ3v) is 4.81. The zero-order valence-corrected chi connectivity index (χ0v) is 11.6. The Morgan fingerprint density at radius 1 is 1.10 bits per heavy atom. The number of rotatable bonds is 3. The van der Waals surface area contributed by atoms with Crippen LogP contribution in [0.25, 0.3) is 4.85 Å². The zero-order chi connectivity index (χ0) is 14.8. The maximum Gasteiger partial charge on any atom is 0.353 e. The van der Waals surface area contributed by atoms with Crippen LogP contribution >= 0.6 is 0 Å². The standard InChI is InChI=1S/C15H12FNO2S/c1-11-7-9-12(10-8-11)20(18,19)15(17-2)13-5-3-4-6-14(13)16/h3-10,15H,1H3/t15-/m1/s1. The van der Waals surface area contributed by atoms with E-state index in [2.05, 4.69) is 4.85 Å². The highest BCUT2D eigenvalue weighted by Gasteiger charge is 2.36. The SMILES string of the molecule is [C-]#[N+][C@@H](c1ccccc1F)S(=O)(=O)c1ccc(C)cc1. The van der Waals surface area contributed by atoms with Gasteiger partial charge in [0, 0.05) is 0 Å². The van der Waals surface area contributed by atoms with Gasteiger partial charge in [-0.1, -0.05) is 29.8 Å². The lowest BCUT2D eigenvalue weighted by molar-refractivity contribution is 0.579. The second-order valence-corrected chi connectivity index (χ2v) is 6.37. The molecule has 2 rings (SSSR count). The van der Waals surface area contributed by atoms with E-state index >= 15 is 0 Å². The highest BCUT2D eigenvalue weighted by atomic mass is 32.2. The van der Waals surface area contributed by atoms with E-state index in [1.165, 1.54) is 30.3 Å². The molecule has 0 aliphatic heterocycles. The first kappa shape index (κ1) is 14.2. The summed E-state index contributed by atoms with van der Waals surface area (Å²) in [5.74, 6) is -0.691. The molecule has 20 heavy (non-hydrogen) atoms. The van der Waals surface area contributed by atoms with Crippen LogP contribution in [0.15, 0.2) is 53.4 Å². The third-order valence-electron chi connectivity index (χ3n) is 2.93. The summed E-state index contributed by atoms with van der Waals surface area (Å²) in [6.07, 6.45) is 0. The minimum Gasteiger partial charge on any atom is -0.291 e. The second-order valence-electron chi connectivity index (χ2n) is 4.36. The van der Waals surface area contributed by atoms with Gasteiger partial charge in [-0.15, -0.1) is 0 Å². The van der Waals surface area contributed by atoms with Crippen molar-refractivity contribution in [3.8, 4) is 0 Å². The summed E-state index contributed by atoms with van der Waals surface area (Å²) in [5, 5.41) is -1.56. The van der Waals surface area contributed by atoms with E-state index < -0.39 is 21.0 Å². The fourth-order valence-electron chi connectivity index (χ4n) is 1.84. The van der Waals surface area contributed by atoms with Gasteiger partial charge in [0.25, 0.3) is 9.84 Å². The fourth-order valence-corrected chi connectivity index (χ4v) is 3.28. The Hall–Kier alpha value is -2.19. The normalized spacial score (nSPS) is 12.7. The van der Waals surface area contributed by atoms with Crippen LogP contribution in [0.4, 0.5) is 4.39 Å². The molecular weight excluding hydrogens is 277 g/mol. The second kappa shape index (κ2) is 5.43. The van der Waals surface area contributed by atoms with Crippen molar-refractivity contribution in [3.05, 3.63) is 76.9 Å². The van der Waals surface area contributed by atoms with Gasteiger partial charge in [-0.25, -0.2) is 19.4 Å². The summed E-state index contributed by atoms with van der Waals surface area (Å²) in [6.45, 7) is 8.95. The predicted molar refractivity (Wildman–Crippen MR) is 74.1 cm³/mol. The molecular formula is C15H12FNO2S. The van der Waals surface area contributed by atoms with E-state index in [4.69, 9.17) is 6.57 Å². The number of nitrogens with zero attached hydrogens (tertiary/aromatic N) is 1. The number of hydrogen-bond donors (Lipinski definition) is 0. The third kappa shape index (κ3) is 2.56. The van der Waals surface area contributed by atoms with Crippen LogP contribution in [0.3, 0.4) is 0 Å². The Balaban J connectivity index is 2.55. The molecule has 0 bridgehead atoms. The molecule has 0 heterocycles. The van der Waals surface area contributed by atoms with Crippen LogP contribution in [0.2, 0.25) is 0 Å². The molecule has 0 N–H and O–H groups in total. The van der Waals surface area contributed by atoms with E-state index in [9.17, 15) is 12.8 Å². The quantitative estimate of drug-likeness (QED) is 0.811. The van der Waals surface area contributed by atoms with Gasteiger partial charge in [-0.2, -0.15) is 0 Å². The molecule has 1 atom stereocenters. The van der Waals surface area contributed by atoms with E-state index in [0.717, 1.165) is 11.6 Å². The molecule has 0 aromatic heterocycles. The highest BCUT2D eigenvalue weighted by molar-refractivity contribution is 7.91. The molecule has 0 unspecified atom stereocenters. The lowest BCUT2D eigenvalue weighted by atomic mass is 10.2.